The number of hydrogen-bond donors (Lipinski definition) is 1. The number of methoxy groups -OCH3 is 1. The molecule has 1 atom stereocenters. The van der Waals surface area contributed by atoms with Crippen LogP contribution in [0.5, 0.6) is 5.75 Å². The Morgan fingerprint density at radius 3 is 2.63 bits per heavy atom. The average Bonchev–Trinajstić information content (AvgIpc) is 2.45. The number of nitrogens with two attached hydrogens (primary N) is 1. The maximum absolute atomic E-state index is 5.94. The van der Waals surface area contributed by atoms with Crippen LogP contribution in [-0.4, -0.2) is 13.7 Å². The zero-order valence-electron chi connectivity index (χ0n) is 11.0. The molecule has 0 aliphatic carbocycles. The Hall–Kier alpha value is -1.32. The predicted molar refractivity (Wildman–Crippen MR) is 82.6 cm³/mol. The molecule has 2 aromatic carbocycles. The zero-order valence-corrected chi connectivity index (χ0v) is 12.6. The Bertz CT molecular complexity index is 542. The van der Waals surface area contributed by atoms with Crippen molar-refractivity contribution in [2.24, 2.45) is 5.73 Å². The topological polar surface area (TPSA) is 35.2 Å². The van der Waals surface area contributed by atoms with E-state index in [4.69, 9.17) is 10.5 Å². The van der Waals surface area contributed by atoms with E-state index in [1.807, 2.05) is 30.3 Å². The van der Waals surface area contributed by atoms with Crippen LogP contribution < -0.4 is 10.5 Å². The highest BCUT2D eigenvalue weighted by molar-refractivity contribution is 9.10. The molecule has 2 rings (SSSR count). The van der Waals surface area contributed by atoms with E-state index < -0.39 is 0 Å². The van der Waals surface area contributed by atoms with Crippen LogP contribution in [0.25, 0.3) is 0 Å². The highest BCUT2D eigenvalue weighted by Crippen LogP contribution is 2.27. The number of hydrogen-bond acceptors (Lipinski definition) is 2. The maximum atomic E-state index is 5.94. The summed E-state index contributed by atoms with van der Waals surface area (Å²) in [7, 11) is 1.70. The molecule has 19 heavy (non-hydrogen) atoms. The molecule has 2 N–H and O–H groups in total. The molecule has 0 saturated carbocycles. The summed E-state index contributed by atoms with van der Waals surface area (Å²) in [6, 6.07) is 16.4. The third-order valence-corrected chi connectivity index (χ3v) is 3.76. The molecule has 0 fully saturated rings. The minimum atomic E-state index is 0.300. The summed E-state index contributed by atoms with van der Waals surface area (Å²) in [6.07, 6.45) is 0.886. The van der Waals surface area contributed by atoms with E-state index in [9.17, 15) is 0 Å². The molecule has 0 amide bonds. The van der Waals surface area contributed by atoms with Crippen LogP contribution in [-0.2, 0) is 6.42 Å². The van der Waals surface area contributed by atoms with E-state index in [0.29, 0.717) is 12.5 Å². The quantitative estimate of drug-likeness (QED) is 0.911. The van der Waals surface area contributed by atoms with Crippen LogP contribution >= 0.6 is 15.9 Å². The lowest BCUT2D eigenvalue weighted by molar-refractivity contribution is 0.408. The van der Waals surface area contributed by atoms with Gasteiger partial charge in [0.1, 0.15) is 5.75 Å². The second-order valence-electron chi connectivity index (χ2n) is 4.50. The van der Waals surface area contributed by atoms with Gasteiger partial charge < -0.3 is 10.5 Å². The van der Waals surface area contributed by atoms with Crippen molar-refractivity contribution in [3.63, 3.8) is 0 Å². The Labute approximate surface area is 122 Å². The first-order chi connectivity index (χ1) is 9.24. The fraction of sp³-hybridized carbons (Fsp3) is 0.250. The van der Waals surface area contributed by atoms with Gasteiger partial charge in [-0.15, -0.1) is 0 Å². The number of benzene rings is 2. The van der Waals surface area contributed by atoms with Crippen molar-refractivity contribution < 1.29 is 4.74 Å². The van der Waals surface area contributed by atoms with Crippen molar-refractivity contribution in [2.75, 3.05) is 13.7 Å². The minimum absolute atomic E-state index is 0.300. The van der Waals surface area contributed by atoms with E-state index in [2.05, 4.69) is 34.1 Å². The highest BCUT2D eigenvalue weighted by atomic mass is 79.9. The number of ether oxygens (including phenoxy) is 1. The molecular weight excluding hydrogens is 302 g/mol. The SMILES string of the molecule is COc1ccccc1CC(CN)c1cccc(Br)c1. The van der Waals surface area contributed by atoms with Crippen LogP contribution in [0.1, 0.15) is 17.0 Å². The van der Waals surface area contributed by atoms with Gasteiger partial charge in [-0.25, -0.2) is 0 Å². The van der Waals surface area contributed by atoms with Gasteiger partial charge in [-0.2, -0.15) is 0 Å². The Balaban J connectivity index is 2.24. The lowest BCUT2D eigenvalue weighted by atomic mass is 9.92. The van der Waals surface area contributed by atoms with Gasteiger partial charge in [0.05, 0.1) is 7.11 Å². The Morgan fingerprint density at radius 2 is 1.95 bits per heavy atom. The van der Waals surface area contributed by atoms with Crippen molar-refractivity contribution in [1.82, 2.24) is 0 Å². The number of halogens is 1. The van der Waals surface area contributed by atoms with Crippen LogP contribution in [0.4, 0.5) is 0 Å². The van der Waals surface area contributed by atoms with Gasteiger partial charge in [0.15, 0.2) is 0 Å². The predicted octanol–water partition coefficient (Wildman–Crippen LogP) is 3.74. The summed E-state index contributed by atoms with van der Waals surface area (Å²) < 4.78 is 6.49. The Morgan fingerprint density at radius 1 is 1.16 bits per heavy atom. The lowest BCUT2D eigenvalue weighted by Crippen LogP contribution is -2.15. The maximum Gasteiger partial charge on any atom is 0.122 e. The summed E-state index contributed by atoms with van der Waals surface area (Å²) in [5.41, 5.74) is 8.39. The molecule has 1 unspecified atom stereocenters. The van der Waals surface area contributed by atoms with Crippen molar-refractivity contribution in [2.45, 2.75) is 12.3 Å². The molecule has 100 valence electrons. The van der Waals surface area contributed by atoms with E-state index in [1.165, 1.54) is 11.1 Å². The molecule has 0 heterocycles. The van der Waals surface area contributed by atoms with Gasteiger partial charge in [0.25, 0.3) is 0 Å². The molecule has 0 aliphatic heterocycles. The van der Waals surface area contributed by atoms with E-state index in [0.717, 1.165) is 16.6 Å². The molecular formula is C16H18BrNO. The van der Waals surface area contributed by atoms with Crippen molar-refractivity contribution in [1.29, 1.82) is 0 Å². The van der Waals surface area contributed by atoms with Gasteiger partial charge >= 0.3 is 0 Å². The molecule has 2 aromatic rings. The molecule has 0 spiro atoms. The first-order valence-electron chi connectivity index (χ1n) is 6.32. The smallest absolute Gasteiger partial charge is 0.122 e. The zero-order chi connectivity index (χ0) is 13.7. The van der Waals surface area contributed by atoms with E-state index >= 15 is 0 Å². The van der Waals surface area contributed by atoms with Crippen LogP contribution in [0, 0.1) is 0 Å². The monoisotopic (exact) mass is 319 g/mol. The second-order valence-corrected chi connectivity index (χ2v) is 5.42. The average molecular weight is 320 g/mol. The summed E-state index contributed by atoms with van der Waals surface area (Å²) in [6.45, 7) is 0.620. The third-order valence-electron chi connectivity index (χ3n) is 3.26. The molecule has 0 saturated heterocycles. The minimum Gasteiger partial charge on any atom is -0.496 e. The summed E-state index contributed by atoms with van der Waals surface area (Å²) in [5.74, 6) is 1.23. The van der Waals surface area contributed by atoms with Gasteiger partial charge in [0.2, 0.25) is 0 Å². The highest BCUT2D eigenvalue weighted by Gasteiger charge is 2.13. The van der Waals surface area contributed by atoms with E-state index in [1.54, 1.807) is 7.11 Å². The van der Waals surface area contributed by atoms with E-state index in [-0.39, 0.29) is 0 Å². The van der Waals surface area contributed by atoms with Crippen molar-refractivity contribution in [3.05, 3.63) is 64.1 Å². The first-order valence-corrected chi connectivity index (χ1v) is 7.11. The molecule has 0 radical (unpaired) electrons. The second kappa shape index (κ2) is 6.73. The standard InChI is InChI=1S/C16H18BrNO/c1-19-16-8-3-2-5-13(16)9-14(11-18)12-6-4-7-15(17)10-12/h2-8,10,14H,9,11,18H2,1H3. The third kappa shape index (κ3) is 3.58. The van der Waals surface area contributed by atoms with Crippen LogP contribution in [0.15, 0.2) is 53.0 Å². The summed E-state index contributed by atoms with van der Waals surface area (Å²) in [5, 5.41) is 0. The van der Waals surface area contributed by atoms with Crippen molar-refractivity contribution in [3.8, 4) is 5.75 Å². The van der Waals surface area contributed by atoms with Crippen LogP contribution in [0.2, 0.25) is 0 Å². The fourth-order valence-electron chi connectivity index (χ4n) is 2.23. The first kappa shape index (κ1) is 14.1. The fourth-order valence-corrected chi connectivity index (χ4v) is 2.65. The molecule has 0 aromatic heterocycles. The molecule has 0 aliphatic rings. The van der Waals surface area contributed by atoms with Gasteiger partial charge in [-0.3, -0.25) is 0 Å². The normalized spacial score (nSPS) is 12.2. The van der Waals surface area contributed by atoms with Gasteiger partial charge in [0, 0.05) is 10.4 Å². The van der Waals surface area contributed by atoms with Crippen LogP contribution in [0.3, 0.4) is 0 Å². The molecule has 3 heteroatoms. The Kier molecular flexibility index (Phi) is 5.00. The molecule has 0 bridgehead atoms. The largest absolute Gasteiger partial charge is 0.496 e. The lowest BCUT2D eigenvalue weighted by Gasteiger charge is -2.17. The summed E-state index contributed by atoms with van der Waals surface area (Å²) >= 11 is 3.51. The van der Waals surface area contributed by atoms with Gasteiger partial charge in [-0.1, -0.05) is 46.3 Å². The number of rotatable bonds is 5. The molecule has 2 nitrogen and oxygen atoms in total. The van der Waals surface area contributed by atoms with Crippen molar-refractivity contribution >= 4 is 15.9 Å². The number of para-hydroxylation sites is 1. The summed E-state index contributed by atoms with van der Waals surface area (Å²) in [4.78, 5) is 0. The van der Waals surface area contributed by atoms with Gasteiger partial charge in [-0.05, 0) is 42.3 Å².